The average Bonchev–Trinajstić information content (AvgIpc) is 2.28. The predicted molar refractivity (Wildman–Crippen MR) is 102 cm³/mol. The first kappa shape index (κ1) is 13.4. The molecule has 0 N–H and O–H groups in total. The molecule has 0 saturated heterocycles. The van der Waals surface area contributed by atoms with Crippen LogP contribution in [0, 0.1) is 38.4 Å². The van der Waals surface area contributed by atoms with Gasteiger partial charge in [-0.2, -0.15) is 0 Å². The van der Waals surface area contributed by atoms with Crippen molar-refractivity contribution in [2.45, 2.75) is 82.5 Å². The van der Waals surface area contributed by atoms with Gasteiger partial charge in [0.05, 0.1) is 0 Å². The van der Waals surface area contributed by atoms with Crippen LogP contribution in [0.15, 0.2) is 30.3 Å². The van der Waals surface area contributed by atoms with Gasteiger partial charge in [-0.15, -0.1) is 0 Å². The Balaban J connectivity index is 0.923. The molecular formula is C26H30. The average molecular weight is 343 g/mol. The van der Waals surface area contributed by atoms with Gasteiger partial charge in [0.25, 0.3) is 0 Å². The van der Waals surface area contributed by atoms with Crippen molar-refractivity contribution in [2.75, 3.05) is 0 Å². The monoisotopic (exact) mass is 342 g/mol. The molecule has 0 aliphatic heterocycles. The van der Waals surface area contributed by atoms with Crippen LogP contribution in [0.4, 0.5) is 0 Å². The Hall–Kier alpha value is -0.780. The fourth-order valence-corrected chi connectivity index (χ4v) is 11.4. The van der Waals surface area contributed by atoms with Gasteiger partial charge in [-0.05, 0) is 126 Å². The van der Waals surface area contributed by atoms with E-state index in [2.05, 4.69) is 30.3 Å². The maximum atomic E-state index is 2.40. The second kappa shape index (κ2) is 3.17. The zero-order valence-electron chi connectivity index (χ0n) is 15.9. The van der Waals surface area contributed by atoms with Gasteiger partial charge in [0.1, 0.15) is 0 Å². The van der Waals surface area contributed by atoms with Crippen LogP contribution >= 0.6 is 0 Å². The molecule has 8 bridgehead atoms. The molecule has 0 heterocycles. The number of rotatable bonds is 4. The first-order valence-corrected chi connectivity index (χ1v) is 11.6. The third kappa shape index (κ3) is 0.961. The molecule has 1 aromatic carbocycles. The fourth-order valence-electron chi connectivity index (χ4n) is 11.4. The van der Waals surface area contributed by atoms with Crippen molar-refractivity contribution in [1.82, 2.24) is 0 Å². The lowest BCUT2D eigenvalue weighted by Gasteiger charge is -2.96. The van der Waals surface area contributed by atoms with E-state index < -0.39 is 0 Å². The van der Waals surface area contributed by atoms with Crippen LogP contribution in [0.2, 0.25) is 0 Å². The normalized spacial score (nSPS) is 69.2. The summed E-state index contributed by atoms with van der Waals surface area (Å²) in [5, 5.41) is 0. The summed E-state index contributed by atoms with van der Waals surface area (Å²) in [7, 11) is 0. The standard InChI is InChI=1S/C26H30/c1-2-4-19(5-3-1)20-9-22(10-20,11-20)24-15-26(16-24,17-24)25-12-23(13-25,14-25)21-6-18(7-21)8-21/h1-5,18H,6-17H2. The van der Waals surface area contributed by atoms with Gasteiger partial charge < -0.3 is 0 Å². The van der Waals surface area contributed by atoms with Crippen LogP contribution in [-0.4, -0.2) is 0 Å². The molecule has 0 spiro atoms. The molecule has 0 unspecified atom stereocenters. The molecule has 13 rings (SSSR count). The molecule has 12 aliphatic carbocycles. The van der Waals surface area contributed by atoms with E-state index in [0.717, 1.165) is 32.5 Å². The highest BCUT2D eigenvalue weighted by molar-refractivity contribution is 5.46. The van der Waals surface area contributed by atoms with Crippen LogP contribution < -0.4 is 0 Å². The quantitative estimate of drug-likeness (QED) is 0.607. The van der Waals surface area contributed by atoms with Crippen molar-refractivity contribution in [3.8, 4) is 0 Å². The minimum absolute atomic E-state index is 0.619. The summed E-state index contributed by atoms with van der Waals surface area (Å²) in [6, 6.07) is 11.5. The van der Waals surface area contributed by atoms with E-state index in [0.29, 0.717) is 5.41 Å². The summed E-state index contributed by atoms with van der Waals surface area (Å²) in [5.41, 5.74) is 7.48. The molecular weight excluding hydrogens is 312 g/mol. The first-order chi connectivity index (χ1) is 12.5. The van der Waals surface area contributed by atoms with Gasteiger partial charge in [0, 0.05) is 0 Å². The molecule has 0 heteroatoms. The lowest BCUT2D eigenvalue weighted by molar-refractivity contribution is -0.467. The van der Waals surface area contributed by atoms with Crippen LogP contribution in [0.1, 0.15) is 82.6 Å². The summed E-state index contributed by atoms with van der Waals surface area (Å²) in [6.07, 6.45) is 19.6. The molecule has 12 saturated carbocycles. The smallest absolute Gasteiger partial charge is 0.00305 e. The van der Waals surface area contributed by atoms with Gasteiger partial charge in [-0.1, -0.05) is 30.3 Å². The number of benzene rings is 1. The summed E-state index contributed by atoms with van der Waals surface area (Å²) >= 11 is 0. The summed E-state index contributed by atoms with van der Waals surface area (Å²) in [6.45, 7) is 0. The van der Waals surface area contributed by atoms with Crippen molar-refractivity contribution >= 4 is 0 Å². The molecule has 26 heavy (non-hydrogen) atoms. The Morgan fingerprint density at radius 2 is 0.923 bits per heavy atom. The summed E-state index contributed by atoms with van der Waals surface area (Å²) in [4.78, 5) is 0. The van der Waals surface area contributed by atoms with Crippen molar-refractivity contribution < 1.29 is 0 Å². The van der Waals surface area contributed by atoms with E-state index in [-0.39, 0.29) is 0 Å². The molecule has 1 aromatic rings. The van der Waals surface area contributed by atoms with Crippen molar-refractivity contribution in [3.63, 3.8) is 0 Å². The van der Waals surface area contributed by atoms with Crippen LogP contribution in [0.25, 0.3) is 0 Å². The highest BCUT2D eigenvalue weighted by Crippen LogP contribution is 3.01. The van der Waals surface area contributed by atoms with Crippen LogP contribution in [0.3, 0.4) is 0 Å². The second-order valence-electron chi connectivity index (χ2n) is 13.4. The van der Waals surface area contributed by atoms with E-state index >= 15 is 0 Å². The van der Waals surface area contributed by atoms with Gasteiger partial charge in [-0.3, -0.25) is 0 Å². The number of hydrogen-bond acceptors (Lipinski definition) is 0. The summed E-state index contributed by atoms with van der Waals surface area (Å²) < 4.78 is 0. The topological polar surface area (TPSA) is 0 Å². The summed E-state index contributed by atoms with van der Waals surface area (Å²) in [5.74, 6) is 1.18. The van der Waals surface area contributed by atoms with E-state index in [1.165, 1.54) is 5.92 Å². The van der Waals surface area contributed by atoms with Crippen LogP contribution in [-0.2, 0) is 5.41 Å². The van der Waals surface area contributed by atoms with Crippen molar-refractivity contribution in [3.05, 3.63) is 35.9 Å². The first-order valence-electron chi connectivity index (χ1n) is 11.6. The van der Waals surface area contributed by atoms with E-state index in [1.54, 1.807) is 82.6 Å². The van der Waals surface area contributed by atoms with E-state index in [9.17, 15) is 0 Å². The van der Waals surface area contributed by atoms with Gasteiger partial charge in [0.2, 0.25) is 0 Å². The fraction of sp³-hybridized carbons (Fsp3) is 0.769. The zero-order valence-corrected chi connectivity index (χ0v) is 15.9. The molecule has 0 aromatic heterocycles. The lowest BCUT2D eigenvalue weighted by atomic mass is 9.08. The molecule has 0 amide bonds. The van der Waals surface area contributed by atoms with Gasteiger partial charge >= 0.3 is 0 Å². The zero-order chi connectivity index (χ0) is 16.7. The second-order valence-corrected chi connectivity index (χ2v) is 13.4. The number of hydrogen-bond donors (Lipinski definition) is 0. The molecule has 0 nitrogen and oxygen atoms in total. The molecule has 0 atom stereocenters. The van der Waals surface area contributed by atoms with Gasteiger partial charge in [0.15, 0.2) is 0 Å². The maximum absolute atomic E-state index is 2.40. The molecule has 12 fully saturated rings. The highest BCUT2D eigenvalue weighted by Gasteiger charge is 2.92. The minimum Gasteiger partial charge on any atom is -0.0622 e. The predicted octanol–water partition coefficient (Wildman–Crippen LogP) is 6.25. The van der Waals surface area contributed by atoms with Crippen LogP contribution in [0.5, 0.6) is 0 Å². The van der Waals surface area contributed by atoms with Crippen molar-refractivity contribution in [1.29, 1.82) is 0 Å². The minimum atomic E-state index is 0.619. The lowest BCUT2D eigenvalue weighted by Crippen LogP contribution is -2.88. The highest BCUT2D eigenvalue weighted by atomic mass is 15.0. The van der Waals surface area contributed by atoms with Gasteiger partial charge in [-0.25, -0.2) is 0 Å². The molecule has 134 valence electrons. The van der Waals surface area contributed by atoms with E-state index in [1.807, 2.05) is 0 Å². The SMILES string of the molecule is c1ccc(C23CC(C45CC(C67CC(C89CC(C8)C9)(C6)C7)(C4)C5)(C2)C3)cc1. The third-order valence-corrected chi connectivity index (χ3v) is 12.9. The Bertz CT molecular complexity index is 827. The molecule has 0 radical (unpaired) electrons. The Kier molecular flexibility index (Phi) is 1.63. The molecule has 12 aliphatic rings. The Morgan fingerprint density at radius 3 is 1.35 bits per heavy atom. The van der Waals surface area contributed by atoms with Crippen molar-refractivity contribution in [2.24, 2.45) is 38.4 Å². The maximum Gasteiger partial charge on any atom is -0.00305 e. The van der Waals surface area contributed by atoms with E-state index in [4.69, 9.17) is 0 Å². The third-order valence-electron chi connectivity index (χ3n) is 12.9. The Morgan fingerprint density at radius 1 is 0.500 bits per heavy atom. The largest absolute Gasteiger partial charge is 0.0622 e. The Labute approximate surface area is 157 Å².